The molecule has 1 aromatic carbocycles. The zero-order valence-electron chi connectivity index (χ0n) is 11.6. The lowest BCUT2D eigenvalue weighted by Crippen LogP contribution is -2.26. The van der Waals surface area contributed by atoms with Crippen LogP contribution in [-0.4, -0.2) is 6.54 Å². The molecule has 0 aromatic heterocycles. The van der Waals surface area contributed by atoms with Gasteiger partial charge in [-0.25, -0.2) is 0 Å². The van der Waals surface area contributed by atoms with Gasteiger partial charge >= 0.3 is 0 Å². The molecule has 0 aliphatic rings. The molecule has 0 aliphatic carbocycles. The van der Waals surface area contributed by atoms with Crippen molar-refractivity contribution in [2.75, 3.05) is 6.54 Å². The van der Waals surface area contributed by atoms with Crippen molar-refractivity contribution in [1.82, 2.24) is 5.32 Å². The maximum Gasteiger partial charge on any atom is 0.0345 e. The molecule has 1 rings (SSSR count). The predicted molar refractivity (Wildman–Crippen MR) is 76.2 cm³/mol. The van der Waals surface area contributed by atoms with Gasteiger partial charge in [0, 0.05) is 6.04 Å². The molecule has 17 heavy (non-hydrogen) atoms. The summed E-state index contributed by atoms with van der Waals surface area (Å²) in [6.07, 6.45) is 5.34. The molecule has 0 bridgehead atoms. The summed E-state index contributed by atoms with van der Waals surface area (Å²) in [7, 11) is 0. The Bertz CT molecular complexity index is 281. The molecular formula is C16H27N. The van der Waals surface area contributed by atoms with Gasteiger partial charge in [-0.15, -0.1) is 0 Å². The van der Waals surface area contributed by atoms with Crippen molar-refractivity contribution in [3.8, 4) is 0 Å². The minimum absolute atomic E-state index is 0.512. The van der Waals surface area contributed by atoms with Crippen molar-refractivity contribution in [2.45, 2.75) is 52.5 Å². The summed E-state index contributed by atoms with van der Waals surface area (Å²) in [5.41, 5.74) is 1.43. The van der Waals surface area contributed by atoms with Crippen molar-refractivity contribution in [3.63, 3.8) is 0 Å². The van der Waals surface area contributed by atoms with Crippen LogP contribution in [0.2, 0.25) is 0 Å². The summed E-state index contributed by atoms with van der Waals surface area (Å²) in [4.78, 5) is 0. The molecule has 0 aliphatic heterocycles. The third-order valence-electron chi connectivity index (χ3n) is 3.41. The van der Waals surface area contributed by atoms with E-state index in [9.17, 15) is 0 Å². The fourth-order valence-electron chi connectivity index (χ4n) is 2.41. The average Bonchev–Trinajstić information content (AvgIpc) is 2.37. The number of hydrogen-bond acceptors (Lipinski definition) is 1. The van der Waals surface area contributed by atoms with Crippen molar-refractivity contribution in [1.29, 1.82) is 0 Å². The van der Waals surface area contributed by atoms with E-state index in [4.69, 9.17) is 0 Å². The Balaban J connectivity index is 2.58. The highest BCUT2D eigenvalue weighted by molar-refractivity contribution is 5.19. The topological polar surface area (TPSA) is 12.0 Å². The van der Waals surface area contributed by atoms with Gasteiger partial charge in [0.25, 0.3) is 0 Å². The van der Waals surface area contributed by atoms with E-state index in [1.807, 2.05) is 0 Å². The number of rotatable bonds is 8. The maximum absolute atomic E-state index is 3.63. The number of nitrogens with one attached hydrogen (secondary N) is 1. The van der Waals surface area contributed by atoms with Crippen LogP contribution in [0.4, 0.5) is 0 Å². The monoisotopic (exact) mass is 233 g/mol. The molecule has 2 unspecified atom stereocenters. The second-order valence-electron chi connectivity index (χ2n) is 4.92. The van der Waals surface area contributed by atoms with Crippen LogP contribution in [0.25, 0.3) is 0 Å². The van der Waals surface area contributed by atoms with Crippen LogP contribution in [0.15, 0.2) is 30.3 Å². The average molecular weight is 233 g/mol. The largest absolute Gasteiger partial charge is 0.310 e. The van der Waals surface area contributed by atoms with Gasteiger partial charge in [0.1, 0.15) is 0 Å². The molecule has 1 N–H and O–H groups in total. The van der Waals surface area contributed by atoms with E-state index >= 15 is 0 Å². The molecule has 0 spiro atoms. The van der Waals surface area contributed by atoms with E-state index in [1.165, 1.54) is 31.2 Å². The Morgan fingerprint density at radius 3 is 2.35 bits per heavy atom. The fraction of sp³-hybridized carbons (Fsp3) is 0.625. The van der Waals surface area contributed by atoms with E-state index in [1.54, 1.807) is 0 Å². The van der Waals surface area contributed by atoms with Gasteiger partial charge in [0.05, 0.1) is 0 Å². The van der Waals surface area contributed by atoms with Gasteiger partial charge in [-0.2, -0.15) is 0 Å². The molecule has 96 valence electrons. The van der Waals surface area contributed by atoms with Crippen molar-refractivity contribution in [2.24, 2.45) is 5.92 Å². The standard InChI is InChI=1S/C16H27N/c1-4-6-8-11-14(3)16(17-5-2)15-12-9-7-10-13-15/h7,9-10,12-14,16-17H,4-6,8,11H2,1-3H3. The number of unbranched alkanes of at least 4 members (excludes halogenated alkanes) is 2. The molecule has 0 radical (unpaired) electrons. The third-order valence-corrected chi connectivity index (χ3v) is 3.41. The first-order chi connectivity index (χ1) is 8.29. The van der Waals surface area contributed by atoms with Crippen LogP contribution < -0.4 is 5.32 Å². The Morgan fingerprint density at radius 2 is 1.76 bits per heavy atom. The minimum Gasteiger partial charge on any atom is -0.310 e. The van der Waals surface area contributed by atoms with Crippen LogP contribution in [0.1, 0.15) is 58.1 Å². The third kappa shape index (κ3) is 4.91. The highest BCUT2D eigenvalue weighted by atomic mass is 14.9. The van der Waals surface area contributed by atoms with Gasteiger partial charge in [-0.05, 0) is 24.4 Å². The highest BCUT2D eigenvalue weighted by Gasteiger charge is 2.17. The first kappa shape index (κ1) is 14.2. The number of benzene rings is 1. The van der Waals surface area contributed by atoms with Gasteiger partial charge < -0.3 is 5.32 Å². The molecule has 0 fully saturated rings. The van der Waals surface area contributed by atoms with Gasteiger partial charge in [0.2, 0.25) is 0 Å². The summed E-state index contributed by atoms with van der Waals surface area (Å²) in [6.45, 7) is 7.87. The molecule has 0 amide bonds. The molecule has 1 heteroatoms. The summed E-state index contributed by atoms with van der Waals surface area (Å²) < 4.78 is 0. The van der Waals surface area contributed by atoms with Crippen LogP contribution in [0, 0.1) is 5.92 Å². The van der Waals surface area contributed by atoms with E-state index in [-0.39, 0.29) is 0 Å². The number of hydrogen-bond donors (Lipinski definition) is 1. The van der Waals surface area contributed by atoms with E-state index in [0.29, 0.717) is 12.0 Å². The molecule has 0 saturated heterocycles. The maximum atomic E-state index is 3.63. The molecular weight excluding hydrogens is 206 g/mol. The Hall–Kier alpha value is -0.820. The minimum atomic E-state index is 0.512. The summed E-state index contributed by atoms with van der Waals surface area (Å²) in [6, 6.07) is 11.4. The van der Waals surface area contributed by atoms with Gasteiger partial charge in [0.15, 0.2) is 0 Å². The van der Waals surface area contributed by atoms with E-state index < -0.39 is 0 Å². The lowest BCUT2D eigenvalue weighted by Gasteiger charge is -2.25. The lowest BCUT2D eigenvalue weighted by molar-refractivity contribution is 0.360. The molecule has 0 heterocycles. The first-order valence-corrected chi connectivity index (χ1v) is 7.07. The molecule has 1 aromatic rings. The van der Waals surface area contributed by atoms with Crippen LogP contribution >= 0.6 is 0 Å². The Morgan fingerprint density at radius 1 is 1.06 bits per heavy atom. The zero-order chi connectivity index (χ0) is 12.5. The smallest absolute Gasteiger partial charge is 0.0345 e. The summed E-state index contributed by atoms with van der Waals surface area (Å²) in [5.74, 6) is 0.712. The van der Waals surface area contributed by atoms with Crippen LogP contribution in [0.3, 0.4) is 0 Å². The van der Waals surface area contributed by atoms with Crippen molar-refractivity contribution >= 4 is 0 Å². The van der Waals surface area contributed by atoms with Gasteiger partial charge in [-0.3, -0.25) is 0 Å². The predicted octanol–water partition coefficient (Wildman–Crippen LogP) is 4.55. The van der Waals surface area contributed by atoms with Crippen LogP contribution in [-0.2, 0) is 0 Å². The van der Waals surface area contributed by atoms with Crippen molar-refractivity contribution in [3.05, 3.63) is 35.9 Å². The van der Waals surface area contributed by atoms with Crippen LogP contribution in [0.5, 0.6) is 0 Å². The molecule has 0 saturated carbocycles. The zero-order valence-corrected chi connectivity index (χ0v) is 11.6. The molecule has 1 nitrogen and oxygen atoms in total. The van der Waals surface area contributed by atoms with Gasteiger partial charge in [-0.1, -0.05) is 70.4 Å². The summed E-state index contributed by atoms with van der Waals surface area (Å²) >= 11 is 0. The quantitative estimate of drug-likeness (QED) is 0.649. The van der Waals surface area contributed by atoms with Crippen molar-refractivity contribution < 1.29 is 0 Å². The van der Waals surface area contributed by atoms with E-state index in [2.05, 4.69) is 56.4 Å². The van der Waals surface area contributed by atoms with E-state index in [0.717, 1.165) is 6.54 Å². The first-order valence-electron chi connectivity index (χ1n) is 7.07. The second kappa shape index (κ2) is 8.30. The normalized spacial score (nSPS) is 14.5. The highest BCUT2D eigenvalue weighted by Crippen LogP contribution is 2.26. The second-order valence-corrected chi connectivity index (χ2v) is 4.92. The lowest BCUT2D eigenvalue weighted by atomic mass is 9.90. The Labute approximate surface area is 107 Å². The fourth-order valence-corrected chi connectivity index (χ4v) is 2.41. The SMILES string of the molecule is CCCCCC(C)C(NCC)c1ccccc1. The summed E-state index contributed by atoms with van der Waals surface area (Å²) in [5, 5.41) is 3.63. The Kier molecular flexibility index (Phi) is 6.95. The molecule has 2 atom stereocenters.